The van der Waals surface area contributed by atoms with E-state index in [1.54, 1.807) is 12.5 Å². The number of benzene rings is 2. The molecule has 5 nitrogen and oxygen atoms in total. The van der Waals surface area contributed by atoms with Gasteiger partial charge in [0.2, 0.25) is 0 Å². The van der Waals surface area contributed by atoms with Crippen LogP contribution in [0.15, 0.2) is 61.1 Å². The van der Waals surface area contributed by atoms with Crippen molar-refractivity contribution in [2.24, 2.45) is 0 Å². The summed E-state index contributed by atoms with van der Waals surface area (Å²) >= 11 is 0. The maximum Gasteiger partial charge on any atom is 0.168 e. The monoisotopic (exact) mass is 315 g/mol. The lowest BCUT2D eigenvalue weighted by Crippen LogP contribution is -2.00. The minimum atomic E-state index is 0.751. The zero-order valence-electron chi connectivity index (χ0n) is 13.6. The van der Waals surface area contributed by atoms with Crippen molar-refractivity contribution in [1.29, 1.82) is 0 Å². The van der Waals surface area contributed by atoms with Gasteiger partial charge in [-0.25, -0.2) is 14.6 Å². The van der Waals surface area contributed by atoms with Crippen LogP contribution in [0, 0.1) is 13.8 Å². The fourth-order valence-electron chi connectivity index (χ4n) is 2.65. The fraction of sp³-hybridized carbons (Fsp3) is 0.105. The van der Waals surface area contributed by atoms with Crippen molar-refractivity contribution >= 4 is 22.5 Å². The number of para-hydroxylation sites is 1. The normalized spacial score (nSPS) is 10.9. The molecule has 0 amide bonds. The molecule has 0 spiro atoms. The highest BCUT2D eigenvalue weighted by Gasteiger charge is 2.11. The summed E-state index contributed by atoms with van der Waals surface area (Å²) in [6.07, 6.45) is 3.36. The molecular weight excluding hydrogens is 298 g/mol. The van der Waals surface area contributed by atoms with Gasteiger partial charge in [-0.1, -0.05) is 24.3 Å². The van der Waals surface area contributed by atoms with E-state index in [9.17, 15) is 0 Å². The van der Waals surface area contributed by atoms with Crippen molar-refractivity contribution in [3.8, 4) is 5.69 Å². The van der Waals surface area contributed by atoms with Crippen LogP contribution in [-0.4, -0.2) is 19.7 Å². The fourth-order valence-corrected chi connectivity index (χ4v) is 2.65. The van der Waals surface area contributed by atoms with E-state index in [-0.39, 0.29) is 0 Å². The number of hydrogen-bond donors (Lipinski definition) is 1. The van der Waals surface area contributed by atoms with Gasteiger partial charge < -0.3 is 5.32 Å². The summed E-state index contributed by atoms with van der Waals surface area (Å²) in [6, 6.07) is 16.2. The Bertz CT molecular complexity index is 1000. The average Bonchev–Trinajstić information content (AvgIpc) is 3.03. The van der Waals surface area contributed by atoms with Crippen LogP contribution in [-0.2, 0) is 0 Å². The van der Waals surface area contributed by atoms with E-state index in [1.165, 1.54) is 11.1 Å². The van der Waals surface area contributed by atoms with Gasteiger partial charge in [0, 0.05) is 5.69 Å². The molecule has 118 valence electrons. The molecule has 0 atom stereocenters. The molecule has 4 aromatic rings. The highest BCUT2D eigenvalue weighted by molar-refractivity contribution is 5.89. The van der Waals surface area contributed by atoms with E-state index in [2.05, 4.69) is 52.4 Å². The van der Waals surface area contributed by atoms with Gasteiger partial charge in [0.15, 0.2) is 5.65 Å². The largest absolute Gasteiger partial charge is 0.340 e. The minimum Gasteiger partial charge on any atom is -0.340 e. The van der Waals surface area contributed by atoms with Crippen LogP contribution in [0.4, 0.5) is 11.5 Å². The molecule has 0 radical (unpaired) electrons. The standard InChI is InChI=1S/C19H17N5/c1-13-8-9-16(10-14(13)2)24-19-17(11-22-24)18(20-12-21-19)23-15-6-4-3-5-7-15/h3-12H,1-2H3,(H,20,21,23). The summed E-state index contributed by atoms with van der Waals surface area (Å²) in [5.41, 5.74) is 5.25. The Hall–Kier alpha value is -3.21. The van der Waals surface area contributed by atoms with Crippen molar-refractivity contribution < 1.29 is 0 Å². The number of hydrogen-bond acceptors (Lipinski definition) is 4. The molecule has 2 aromatic heterocycles. The highest BCUT2D eigenvalue weighted by atomic mass is 15.3. The smallest absolute Gasteiger partial charge is 0.168 e. The first kappa shape index (κ1) is 14.4. The first-order valence-corrected chi connectivity index (χ1v) is 7.81. The van der Waals surface area contributed by atoms with Crippen LogP contribution < -0.4 is 5.32 Å². The van der Waals surface area contributed by atoms with Crippen molar-refractivity contribution in [3.63, 3.8) is 0 Å². The number of anilines is 2. The SMILES string of the molecule is Cc1ccc(-n2ncc3c(Nc4ccccc4)ncnc32)cc1C. The lowest BCUT2D eigenvalue weighted by molar-refractivity contribution is 0.893. The predicted octanol–water partition coefficient (Wildman–Crippen LogP) is 4.18. The second-order valence-electron chi connectivity index (χ2n) is 5.78. The molecule has 0 aliphatic heterocycles. The molecule has 2 heterocycles. The molecular formula is C19H17N5. The molecule has 0 unspecified atom stereocenters. The Morgan fingerprint density at radius 3 is 2.54 bits per heavy atom. The van der Waals surface area contributed by atoms with E-state index >= 15 is 0 Å². The number of nitrogens with one attached hydrogen (secondary N) is 1. The third kappa shape index (κ3) is 2.50. The molecule has 0 aliphatic rings. The van der Waals surface area contributed by atoms with E-state index in [0.717, 1.165) is 28.2 Å². The molecule has 0 saturated carbocycles. The lowest BCUT2D eigenvalue weighted by Gasteiger charge is -2.08. The highest BCUT2D eigenvalue weighted by Crippen LogP contribution is 2.25. The van der Waals surface area contributed by atoms with Crippen molar-refractivity contribution in [2.45, 2.75) is 13.8 Å². The van der Waals surface area contributed by atoms with Gasteiger partial charge in [0.05, 0.1) is 17.3 Å². The van der Waals surface area contributed by atoms with Crippen molar-refractivity contribution in [1.82, 2.24) is 19.7 Å². The molecule has 0 aliphatic carbocycles. The van der Waals surface area contributed by atoms with Gasteiger partial charge in [0.1, 0.15) is 12.1 Å². The van der Waals surface area contributed by atoms with Crippen LogP contribution in [0.2, 0.25) is 0 Å². The van der Waals surface area contributed by atoms with E-state index in [1.807, 2.05) is 35.0 Å². The number of aromatic nitrogens is 4. The first-order chi connectivity index (χ1) is 11.7. The zero-order valence-corrected chi connectivity index (χ0v) is 13.6. The number of fused-ring (bicyclic) bond motifs is 1. The Balaban J connectivity index is 1.80. The second kappa shape index (κ2) is 5.77. The summed E-state index contributed by atoms with van der Waals surface area (Å²) < 4.78 is 1.85. The van der Waals surface area contributed by atoms with Crippen LogP contribution in [0.5, 0.6) is 0 Å². The summed E-state index contributed by atoms with van der Waals surface area (Å²) in [6.45, 7) is 4.20. The molecule has 0 fully saturated rings. The maximum absolute atomic E-state index is 4.51. The average molecular weight is 315 g/mol. The maximum atomic E-state index is 4.51. The molecule has 2 aromatic carbocycles. The Morgan fingerprint density at radius 1 is 0.917 bits per heavy atom. The third-order valence-electron chi connectivity index (χ3n) is 4.14. The van der Waals surface area contributed by atoms with Crippen LogP contribution in [0.1, 0.15) is 11.1 Å². The zero-order chi connectivity index (χ0) is 16.5. The van der Waals surface area contributed by atoms with Gasteiger partial charge in [-0.2, -0.15) is 5.10 Å². The molecule has 24 heavy (non-hydrogen) atoms. The van der Waals surface area contributed by atoms with Gasteiger partial charge in [-0.15, -0.1) is 0 Å². The molecule has 0 saturated heterocycles. The summed E-state index contributed by atoms with van der Waals surface area (Å²) in [4.78, 5) is 8.79. The first-order valence-electron chi connectivity index (χ1n) is 7.81. The second-order valence-corrected chi connectivity index (χ2v) is 5.78. The third-order valence-corrected chi connectivity index (χ3v) is 4.14. The quantitative estimate of drug-likeness (QED) is 0.616. The van der Waals surface area contributed by atoms with Gasteiger partial charge in [-0.3, -0.25) is 0 Å². The summed E-state index contributed by atoms with van der Waals surface area (Å²) in [5, 5.41) is 8.73. The molecule has 1 N–H and O–H groups in total. The predicted molar refractivity (Wildman–Crippen MR) is 95.9 cm³/mol. The van der Waals surface area contributed by atoms with Crippen LogP contribution in [0.25, 0.3) is 16.7 Å². The Labute approximate surface area is 140 Å². The van der Waals surface area contributed by atoms with E-state index in [0.29, 0.717) is 0 Å². The van der Waals surface area contributed by atoms with Crippen molar-refractivity contribution in [3.05, 3.63) is 72.2 Å². The van der Waals surface area contributed by atoms with Crippen LogP contribution >= 0.6 is 0 Å². The van der Waals surface area contributed by atoms with Crippen molar-refractivity contribution in [2.75, 3.05) is 5.32 Å². The minimum absolute atomic E-state index is 0.751. The summed E-state index contributed by atoms with van der Waals surface area (Å²) in [7, 11) is 0. The van der Waals surface area contributed by atoms with Gasteiger partial charge >= 0.3 is 0 Å². The number of nitrogens with zero attached hydrogens (tertiary/aromatic N) is 4. The molecule has 5 heteroatoms. The Kier molecular flexibility index (Phi) is 3.46. The number of aryl methyl sites for hydroxylation is 2. The van der Waals surface area contributed by atoms with Gasteiger partial charge in [-0.05, 0) is 49.2 Å². The van der Waals surface area contributed by atoms with E-state index in [4.69, 9.17) is 0 Å². The topological polar surface area (TPSA) is 55.6 Å². The van der Waals surface area contributed by atoms with Crippen LogP contribution in [0.3, 0.4) is 0 Å². The van der Waals surface area contributed by atoms with E-state index < -0.39 is 0 Å². The number of rotatable bonds is 3. The lowest BCUT2D eigenvalue weighted by atomic mass is 10.1. The Morgan fingerprint density at radius 2 is 1.75 bits per heavy atom. The van der Waals surface area contributed by atoms with Gasteiger partial charge in [0.25, 0.3) is 0 Å². The molecule has 0 bridgehead atoms. The molecule has 4 rings (SSSR count). The summed E-state index contributed by atoms with van der Waals surface area (Å²) in [5.74, 6) is 0.751.